The van der Waals surface area contributed by atoms with Crippen molar-refractivity contribution in [2.45, 2.75) is 18.3 Å². The summed E-state index contributed by atoms with van der Waals surface area (Å²) in [6, 6.07) is 15.6. The lowest BCUT2D eigenvalue weighted by atomic mass is 9.69. The summed E-state index contributed by atoms with van der Waals surface area (Å²) in [6.45, 7) is 7.72. The maximum atomic E-state index is 13.7. The third kappa shape index (κ3) is 4.95. The lowest BCUT2D eigenvalue weighted by Crippen LogP contribution is -2.52. The molecule has 0 saturated carbocycles. The van der Waals surface area contributed by atoms with Crippen LogP contribution in [-0.2, 0) is 5.41 Å². The molecule has 2 saturated heterocycles. The minimum absolute atomic E-state index is 0.231. The average Bonchev–Trinajstić information content (AvgIpc) is 2.89. The second-order valence-electron chi connectivity index (χ2n) is 9.35. The SMILES string of the molecule is Fc1ccc(C2(c3ccc(F)cc3)CCCN(CCN3CCN(c4ncccn4)CC3)C2)cc1. The first-order valence-corrected chi connectivity index (χ1v) is 12.1. The Labute approximate surface area is 200 Å². The first-order valence-electron chi connectivity index (χ1n) is 12.1. The largest absolute Gasteiger partial charge is 0.338 e. The third-order valence-electron chi connectivity index (χ3n) is 7.30. The van der Waals surface area contributed by atoms with Crippen LogP contribution >= 0.6 is 0 Å². The quantitative estimate of drug-likeness (QED) is 0.553. The van der Waals surface area contributed by atoms with Crippen molar-refractivity contribution in [3.05, 3.63) is 89.8 Å². The second-order valence-corrected chi connectivity index (χ2v) is 9.35. The molecule has 0 aliphatic carbocycles. The van der Waals surface area contributed by atoms with Crippen molar-refractivity contribution in [2.75, 3.05) is 57.3 Å². The molecular weight excluding hydrogens is 432 g/mol. The Balaban J connectivity index is 1.25. The molecule has 3 heterocycles. The van der Waals surface area contributed by atoms with Crippen molar-refractivity contribution in [3.63, 3.8) is 0 Å². The molecule has 2 aliphatic heterocycles. The zero-order valence-corrected chi connectivity index (χ0v) is 19.4. The van der Waals surface area contributed by atoms with Gasteiger partial charge in [-0.1, -0.05) is 24.3 Å². The van der Waals surface area contributed by atoms with E-state index < -0.39 is 0 Å². The summed E-state index contributed by atoms with van der Waals surface area (Å²) in [5.41, 5.74) is 1.94. The molecule has 7 heteroatoms. The van der Waals surface area contributed by atoms with Gasteiger partial charge < -0.3 is 9.80 Å². The Morgan fingerprint density at radius 1 is 0.706 bits per heavy atom. The molecule has 5 rings (SSSR count). The minimum Gasteiger partial charge on any atom is -0.338 e. The number of aromatic nitrogens is 2. The van der Waals surface area contributed by atoms with E-state index >= 15 is 0 Å². The van der Waals surface area contributed by atoms with Gasteiger partial charge in [-0.15, -0.1) is 0 Å². The van der Waals surface area contributed by atoms with E-state index in [0.717, 1.165) is 82.3 Å². The normalized spacial score (nSPS) is 19.3. The minimum atomic E-state index is -0.261. The summed E-state index contributed by atoms with van der Waals surface area (Å²) >= 11 is 0. The number of piperidine rings is 1. The molecule has 0 unspecified atom stereocenters. The van der Waals surface area contributed by atoms with Gasteiger partial charge in [-0.3, -0.25) is 4.90 Å². The molecule has 0 atom stereocenters. The molecule has 0 bridgehead atoms. The lowest BCUT2D eigenvalue weighted by molar-refractivity contribution is 0.141. The van der Waals surface area contributed by atoms with Crippen LogP contribution in [0.4, 0.5) is 14.7 Å². The highest BCUT2D eigenvalue weighted by Crippen LogP contribution is 2.40. The van der Waals surface area contributed by atoms with Crippen molar-refractivity contribution in [1.29, 1.82) is 0 Å². The van der Waals surface area contributed by atoms with Crippen molar-refractivity contribution in [1.82, 2.24) is 19.8 Å². The number of likely N-dealkylation sites (tertiary alicyclic amines) is 1. The summed E-state index contributed by atoms with van der Waals surface area (Å²) in [7, 11) is 0. The highest BCUT2D eigenvalue weighted by molar-refractivity contribution is 5.41. The summed E-state index contributed by atoms with van der Waals surface area (Å²) in [5.74, 6) is 0.345. The van der Waals surface area contributed by atoms with Crippen LogP contribution in [0.2, 0.25) is 0 Å². The molecule has 0 radical (unpaired) electrons. The van der Waals surface area contributed by atoms with Gasteiger partial charge in [0.05, 0.1) is 0 Å². The fourth-order valence-corrected chi connectivity index (χ4v) is 5.42. The van der Waals surface area contributed by atoms with Crippen molar-refractivity contribution in [3.8, 4) is 0 Å². The summed E-state index contributed by atoms with van der Waals surface area (Å²) in [6.07, 6.45) is 5.60. The molecule has 2 aromatic carbocycles. The number of halogens is 2. The van der Waals surface area contributed by atoms with Gasteiger partial charge in [-0.25, -0.2) is 18.7 Å². The Bertz CT molecular complexity index is 1010. The number of hydrogen-bond acceptors (Lipinski definition) is 5. The van der Waals surface area contributed by atoms with Gasteiger partial charge in [-0.05, 0) is 60.8 Å². The number of piperazine rings is 1. The molecule has 3 aromatic rings. The van der Waals surface area contributed by atoms with Gasteiger partial charge in [0.1, 0.15) is 11.6 Å². The van der Waals surface area contributed by atoms with Crippen LogP contribution in [0, 0.1) is 11.6 Å². The van der Waals surface area contributed by atoms with E-state index in [1.54, 1.807) is 12.4 Å². The molecular formula is C27H31F2N5. The number of nitrogens with zero attached hydrogens (tertiary/aromatic N) is 5. The van der Waals surface area contributed by atoms with E-state index in [1.165, 1.54) is 24.3 Å². The molecule has 0 spiro atoms. The van der Waals surface area contributed by atoms with E-state index in [4.69, 9.17) is 0 Å². The fourth-order valence-electron chi connectivity index (χ4n) is 5.42. The topological polar surface area (TPSA) is 35.5 Å². The summed E-state index contributed by atoms with van der Waals surface area (Å²) in [4.78, 5) is 16.0. The molecule has 178 valence electrons. The van der Waals surface area contributed by atoms with Crippen LogP contribution in [0.25, 0.3) is 0 Å². The van der Waals surface area contributed by atoms with Crippen LogP contribution in [0.1, 0.15) is 24.0 Å². The number of anilines is 1. The maximum Gasteiger partial charge on any atom is 0.225 e. The smallest absolute Gasteiger partial charge is 0.225 e. The Kier molecular flexibility index (Phi) is 6.83. The zero-order chi connectivity index (χ0) is 23.4. The predicted molar refractivity (Wildman–Crippen MR) is 130 cm³/mol. The van der Waals surface area contributed by atoms with Crippen molar-refractivity contribution in [2.24, 2.45) is 0 Å². The molecule has 34 heavy (non-hydrogen) atoms. The molecule has 0 amide bonds. The van der Waals surface area contributed by atoms with E-state index in [2.05, 4.69) is 24.7 Å². The van der Waals surface area contributed by atoms with E-state index in [-0.39, 0.29) is 17.0 Å². The summed E-state index contributed by atoms with van der Waals surface area (Å²) in [5, 5.41) is 0. The average molecular weight is 464 g/mol. The first-order chi connectivity index (χ1) is 16.6. The van der Waals surface area contributed by atoms with E-state index in [0.29, 0.717) is 0 Å². The molecule has 5 nitrogen and oxygen atoms in total. The van der Waals surface area contributed by atoms with Crippen molar-refractivity contribution >= 4 is 5.95 Å². The van der Waals surface area contributed by atoms with Gasteiger partial charge in [0.2, 0.25) is 5.95 Å². The molecule has 2 fully saturated rings. The number of benzene rings is 2. The van der Waals surface area contributed by atoms with Crippen LogP contribution in [0.15, 0.2) is 67.0 Å². The zero-order valence-electron chi connectivity index (χ0n) is 19.4. The van der Waals surface area contributed by atoms with Crippen LogP contribution in [0.3, 0.4) is 0 Å². The third-order valence-corrected chi connectivity index (χ3v) is 7.30. The van der Waals surface area contributed by atoms with E-state index in [1.807, 2.05) is 30.3 Å². The van der Waals surface area contributed by atoms with Gasteiger partial charge in [0.25, 0.3) is 0 Å². The van der Waals surface area contributed by atoms with Crippen LogP contribution in [0.5, 0.6) is 0 Å². The predicted octanol–water partition coefficient (Wildman–Crippen LogP) is 3.96. The van der Waals surface area contributed by atoms with E-state index in [9.17, 15) is 8.78 Å². The standard InChI is InChI=1S/C27H31F2N5/c28-24-7-3-22(4-8-24)27(23-5-9-25(29)10-6-23)11-1-14-33(21-27)16-15-32-17-19-34(20-18-32)26-30-12-2-13-31-26/h2-10,12-13H,1,11,14-21H2. The van der Waals surface area contributed by atoms with Gasteiger partial charge in [0.15, 0.2) is 0 Å². The molecule has 0 N–H and O–H groups in total. The van der Waals surface area contributed by atoms with Crippen molar-refractivity contribution < 1.29 is 8.78 Å². The highest BCUT2D eigenvalue weighted by atomic mass is 19.1. The van der Waals surface area contributed by atoms with Gasteiger partial charge in [-0.2, -0.15) is 0 Å². The molecule has 1 aromatic heterocycles. The first kappa shape index (κ1) is 22.9. The Hall–Kier alpha value is -2.90. The lowest BCUT2D eigenvalue weighted by Gasteiger charge is -2.45. The Morgan fingerprint density at radius 2 is 1.26 bits per heavy atom. The number of rotatable bonds is 6. The summed E-state index contributed by atoms with van der Waals surface area (Å²) < 4.78 is 27.4. The highest BCUT2D eigenvalue weighted by Gasteiger charge is 2.38. The van der Waals surface area contributed by atoms with Crippen LogP contribution in [-0.4, -0.2) is 72.1 Å². The van der Waals surface area contributed by atoms with Gasteiger partial charge >= 0.3 is 0 Å². The Morgan fingerprint density at radius 3 is 1.85 bits per heavy atom. The fraction of sp³-hybridized carbons (Fsp3) is 0.407. The monoisotopic (exact) mass is 463 g/mol. The molecule has 2 aliphatic rings. The second kappa shape index (κ2) is 10.2. The van der Waals surface area contributed by atoms with Crippen LogP contribution < -0.4 is 4.90 Å². The number of hydrogen-bond donors (Lipinski definition) is 0. The van der Waals surface area contributed by atoms with Gasteiger partial charge in [0, 0.05) is 63.6 Å². The maximum absolute atomic E-state index is 13.7.